The van der Waals surface area contributed by atoms with Crippen LogP contribution in [0.4, 0.5) is 0 Å². The molecule has 0 saturated carbocycles. The fraction of sp³-hybridized carbons (Fsp3) is 0. The first kappa shape index (κ1) is 8.04. The van der Waals surface area contributed by atoms with Crippen LogP contribution in [-0.2, 0) is 0 Å². The molecule has 0 atom stereocenters. The summed E-state index contributed by atoms with van der Waals surface area (Å²) in [5.74, 6) is 0. The third-order valence-corrected chi connectivity index (χ3v) is 0.631. The molecule has 0 fully saturated rings. The van der Waals surface area contributed by atoms with Gasteiger partial charge in [0.25, 0.3) is 0 Å². The minimum Gasteiger partial charge on any atom is -0.147 e. The minimum atomic E-state index is 0. The molecule has 0 N–H and O–H groups in total. The van der Waals surface area contributed by atoms with Gasteiger partial charge < -0.3 is 0 Å². The molecule has 1 rings (SSSR count). The van der Waals surface area contributed by atoms with E-state index in [9.17, 15) is 0 Å². The summed E-state index contributed by atoms with van der Waals surface area (Å²) < 4.78 is 0. The van der Waals surface area contributed by atoms with Gasteiger partial charge in [0.1, 0.15) is 0 Å². The Balaban J connectivity index is 0.000000640. The van der Waals surface area contributed by atoms with Gasteiger partial charge in [-0.3, -0.25) is 0 Å². The highest BCUT2D eigenvalue weighted by Crippen LogP contribution is 1.84. The number of hydrogen-bond acceptors (Lipinski definition) is 3. The summed E-state index contributed by atoms with van der Waals surface area (Å²) in [6, 6.07) is 0. The van der Waals surface area contributed by atoms with E-state index in [0.29, 0.717) is 0 Å². The topological polar surface area (TPSA) is 37.1 Å². The lowest BCUT2D eigenvalue weighted by Gasteiger charge is -1.75. The Bertz CT molecular complexity index is 113. The lowest BCUT2D eigenvalue weighted by atomic mass is 10.5. The van der Waals surface area contributed by atoms with Gasteiger partial charge in [-0.2, -0.15) is 0 Å². The minimum absolute atomic E-state index is 0. The SMILES string of the molecule is C1=CC=NN=NC=C1.Cl. The van der Waals surface area contributed by atoms with E-state index < -0.39 is 0 Å². The van der Waals surface area contributed by atoms with Crippen molar-refractivity contribution in [3.05, 3.63) is 24.4 Å². The molecule has 1 heterocycles. The molecule has 0 radical (unpaired) electrons. The third kappa shape index (κ3) is 3.61. The van der Waals surface area contributed by atoms with E-state index in [1.807, 2.05) is 6.08 Å². The highest BCUT2D eigenvalue weighted by Gasteiger charge is 1.67. The van der Waals surface area contributed by atoms with E-state index in [0.717, 1.165) is 0 Å². The maximum atomic E-state index is 3.53. The molecule has 0 spiro atoms. The Morgan fingerprint density at radius 1 is 1.00 bits per heavy atom. The third-order valence-electron chi connectivity index (χ3n) is 0.631. The van der Waals surface area contributed by atoms with E-state index in [1.54, 1.807) is 24.6 Å². The van der Waals surface area contributed by atoms with Crippen LogP contribution in [0.3, 0.4) is 0 Å². The molecular weight excluding hydrogens is 138 g/mol. The summed E-state index contributed by atoms with van der Waals surface area (Å²) >= 11 is 0. The van der Waals surface area contributed by atoms with Crippen molar-refractivity contribution < 1.29 is 0 Å². The second kappa shape index (κ2) is 5.18. The van der Waals surface area contributed by atoms with Gasteiger partial charge in [0.15, 0.2) is 0 Å². The molecule has 0 aliphatic carbocycles. The van der Waals surface area contributed by atoms with E-state index in [4.69, 9.17) is 0 Å². The van der Waals surface area contributed by atoms with Gasteiger partial charge in [-0.15, -0.1) is 22.6 Å². The van der Waals surface area contributed by atoms with Crippen molar-refractivity contribution in [1.82, 2.24) is 0 Å². The molecule has 0 saturated heterocycles. The molecule has 0 amide bonds. The Labute approximate surface area is 59.3 Å². The maximum Gasteiger partial charge on any atom is 0.0513 e. The number of rotatable bonds is 0. The Morgan fingerprint density at radius 3 is 2.78 bits per heavy atom. The summed E-state index contributed by atoms with van der Waals surface area (Å²) in [4.78, 5) is 0. The largest absolute Gasteiger partial charge is 0.147 e. The van der Waals surface area contributed by atoms with Crippen molar-refractivity contribution in [1.29, 1.82) is 0 Å². The molecule has 0 aromatic carbocycles. The maximum absolute atomic E-state index is 3.53. The monoisotopic (exact) mass is 143 g/mol. The van der Waals surface area contributed by atoms with Crippen molar-refractivity contribution in [2.24, 2.45) is 15.4 Å². The average molecular weight is 144 g/mol. The quantitative estimate of drug-likeness (QED) is 0.497. The van der Waals surface area contributed by atoms with Crippen LogP contribution < -0.4 is 0 Å². The van der Waals surface area contributed by atoms with Crippen molar-refractivity contribution in [2.45, 2.75) is 0 Å². The zero-order valence-electron chi connectivity index (χ0n) is 4.64. The summed E-state index contributed by atoms with van der Waals surface area (Å²) in [6.07, 6.45) is 8.56. The van der Waals surface area contributed by atoms with E-state index in [2.05, 4.69) is 15.4 Å². The second-order valence-electron chi connectivity index (χ2n) is 1.20. The first-order valence-electron chi connectivity index (χ1n) is 2.25. The molecule has 48 valence electrons. The molecular formula is C5H6ClN3. The predicted octanol–water partition coefficient (Wildman–Crippen LogP) is 1.93. The molecule has 3 nitrogen and oxygen atoms in total. The summed E-state index contributed by atoms with van der Waals surface area (Å²) in [5.41, 5.74) is 0. The Morgan fingerprint density at radius 2 is 1.89 bits per heavy atom. The van der Waals surface area contributed by atoms with Gasteiger partial charge >= 0.3 is 0 Å². The molecule has 4 heteroatoms. The number of allylic oxidation sites excluding steroid dienone is 3. The highest BCUT2D eigenvalue weighted by molar-refractivity contribution is 5.85. The normalized spacial score (nSPS) is 14.2. The molecule has 0 aromatic rings. The van der Waals surface area contributed by atoms with Gasteiger partial charge in [0.2, 0.25) is 0 Å². The smallest absolute Gasteiger partial charge is 0.0513 e. The predicted molar refractivity (Wildman–Crippen MR) is 38.9 cm³/mol. The number of nitrogens with zero attached hydrogens (tertiary/aromatic N) is 3. The van der Waals surface area contributed by atoms with Crippen LogP contribution >= 0.6 is 12.4 Å². The fourth-order valence-corrected chi connectivity index (χ4v) is 0.330. The van der Waals surface area contributed by atoms with E-state index >= 15 is 0 Å². The van der Waals surface area contributed by atoms with Crippen molar-refractivity contribution in [3.8, 4) is 0 Å². The lowest BCUT2D eigenvalue weighted by molar-refractivity contribution is 1.06. The van der Waals surface area contributed by atoms with E-state index in [1.165, 1.54) is 0 Å². The van der Waals surface area contributed by atoms with Crippen LogP contribution in [0.1, 0.15) is 0 Å². The van der Waals surface area contributed by atoms with Crippen LogP contribution in [0.15, 0.2) is 39.9 Å². The standard InChI is InChI=1S/C5H5N3.ClH/c1-2-4-6-8-7-5-3-1;/h1-5H;1H. The fourth-order valence-electron chi connectivity index (χ4n) is 0.330. The van der Waals surface area contributed by atoms with Crippen LogP contribution in [0.2, 0.25) is 0 Å². The van der Waals surface area contributed by atoms with Gasteiger partial charge in [0.05, 0.1) is 12.4 Å². The number of hydrogen-bond donors (Lipinski definition) is 0. The Hall–Kier alpha value is -0.960. The van der Waals surface area contributed by atoms with Crippen molar-refractivity contribution in [2.75, 3.05) is 0 Å². The van der Waals surface area contributed by atoms with Crippen LogP contribution in [0.25, 0.3) is 0 Å². The summed E-state index contributed by atoms with van der Waals surface area (Å²) in [7, 11) is 0. The molecule has 0 aromatic heterocycles. The highest BCUT2D eigenvalue weighted by atomic mass is 35.5. The molecule has 1 aliphatic rings. The van der Waals surface area contributed by atoms with Crippen LogP contribution in [0.5, 0.6) is 0 Å². The van der Waals surface area contributed by atoms with Gasteiger partial charge in [0, 0.05) is 0 Å². The summed E-state index contributed by atoms with van der Waals surface area (Å²) in [6.45, 7) is 0. The second-order valence-corrected chi connectivity index (χ2v) is 1.20. The van der Waals surface area contributed by atoms with Gasteiger partial charge in [-0.1, -0.05) is 6.08 Å². The molecule has 1 aliphatic heterocycles. The zero-order valence-corrected chi connectivity index (χ0v) is 5.45. The first-order chi connectivity index (χ1) is 4.00. The van der Waals surface area contributed by atoms with Crippen LogP contribution in [0, 0.1) is 0 Å². The van der Waals surface area contributed by atoms with Gasteiger partial charge in [-0.25, -0.2) is 0 Å². The zero-order chi connectivity index (χ0) is 5.66. The van der Waals surface area contributed by atoms with Gasteiger partial charge in [-0.05, 0) is 17.4 Å². The van der Waals surface area contributed by atoms with Crippen molar-refractivity contribution >= 4 is 18.6 Å². The molecule has 0 bridgehead atoms. The first-order valence-corrected chi connectivity index (χ1v) is 2.25. The molecule has 0 unspecified atom stereocenters. The lowest BCUT2D eigenvalue weighted by Crippen LogP contribution is -1.62. The van der Waals surface area contributed by atoms with Crippen molar-refractivity contribution in [3.63, 3.8) is 0 Å². The number of halogens is 1. The Kier molecular flexibility index (Phi) is 4.63. The average Bonchev–Trinajstić information content (AvgIpc) is 1.62. The van der Waals surface area contributed by atoms with Crippen LogP contribution in [-0.4, -0.2) is 6.21 Å². The van der Waals surface area contributed by atoms with E-state index in [-0.39, 0.29) is 12.4 Å². The molecule has 9 heavy (non-hydrogen) atoms. The summed E-state index contributed by atoms with van der Waals surface area (Å²) in [5, 5.41) is 10.4.